The van der Waals surface area contributed by atoms with E-state index in [1.165, 1.54) is 22.8 Å². The molecule has 2 aromatic heterocycles. The Morgan fingerprint density at radius 3 is 2.49 bits per heavy atom. The number of aromatic nitrogens is 3. The minimum atomic E-state index is -0.648. The highest BCUT2D eigenvalue weighted by Gasteiger charge is 2.26. The smallest absolute Gasteiger partial charge is 0.337 e. The highest BCUT2D eigenvalue weighted by Crippen LogP contribution is 2.20. The molecule has 0 saturated carbocycles. The summed E-state index contributed by atoms with van der Waals surface area (Å²) in [6, 6.07) is 16.1. The zero-order valence-electron chi connectivity index (χ0n) is 19.1. The summed E-state index contributed by atoms with van der Waals surface area (Å²) in [6.07, 6.45) is 0. The molecule has 2 aromatic carbocycles. The fourth-order valence-corrected chi connectivity index (χ4v) is 4.34. The van der Waals surface area contributed by atoms with E-state index in [0.717, 1.165) is 4.57 Å². The topological polar surface area (TPSA) is 86.4 Å². The van der Waals surface area contributed by atoms with Crippen molar-refractivity contribution in [2.24, 2.45) is 0 Å². The lowest BCUT2D eigenvalue weighted by Gasteiger charge is -2.27. The number of hydrogen-bond donors (Lipinski definition) is 0. The molecule has 1 amide bonds. The lowest BCUT2D eigenvalue weighted by Crippen LogP contribution is -2.43. The molecule has 0 unspecified atom stereocenters. The van der Waals surface area contributed by atoms with E-state index in [1.54, 1.807) is 48.2 Å². The van der Waals surface area contributed by atoms with Crippen LogP contribution in [-0.4, -0.2) is 51.2 Å². The quantitative estimate of drug-likeness (QED) is 0.454. The van der Waals surface area contributed by atoms with Crippen LogP contribution in [0.25, 0.3) is 16.7 Å². The van der Waals surface area contributed by atoms with Gasteiger partial charge in [-0.3, -0.25) is 14.2 Å². The molecule has 9 heteroatoms. The second-order valence-corrected chi connectivity index (χ2v) is 8.39. The third kappa shape index (κ3) is 4.26. The third-order valence-electron chi connectivity index (χ3n) is 5.99. The highest BCUT2D eigenvalue weighted by atomic mass is 19.1. The number of rotatable bonds is 4. The zero-order valence-corrected chi connectivity index (χ0v) is 19.1. The molecule has 0 radical (unpaired) electrons. The molecule has 0 N–H and O–H groups in total. The normalized spacial score (nSPS) is 13.8. The zero-order chi connectivity index (χ0) is 24.5. The van der Waals surface area contributed by atoms with Gasteiger partial charge in [-0.15, -0.1) is 0 Å². The monoisotopic (exact) mass is 474 g/mol. The first-order valence-electron chi connectivity index (χ1n) is 11.3. The van der Waals surface area contributed by atoms with E-state index in [9.17, 15) is 18.8 Å². The fourth-order valence-electron chi connectivity index (χ4n) is 4.34. The number of para-hydroxylation sites is 1. The number of pyridine rings is 1. The Morgan fingerprint density at radius 1 is 1.03 bits per heavy atom. The van der Waals surface area contributed by atoms with E-state index in [0.29, 0.717) is 43.2 Å². The first kappa shape index (κ1) is 22.7. The van der Waals surface area contributed by atoms with Gasteiger partial charge in [0.1, 0.15) is 5.82 Å². The molecule has 1 saturated heterocycles. The second-order valence-electron chi connectivity index (χ2n) is 8.39. The van der Waals surface area contributed by atoms with E-state index in [-0.39, 0.29) is 29.0 Å². The predicted molar refractivity (Wildman–Crippen MR) is 129 cm³/mol. The lowest BCUT2D eigenvalue weighted by molar-refractivity contribution is 0.0304. The van der Waals surface area contributed by atoms with Crippen molar-refractivity contribution in [3.05, 3.63) is 104 Å². The van der Waals surface area contributed by atoms with Gasteiger partial charge >= 0.3 is 5.69 Å². The van der Waals surface area contributed by atoms with Crippen LogP contribution < -0.4 is 11.2 Å². The first-order valence-corrected chi connectivity index (χ1v) is 11.3. The van der Waals surface area contributed by atoms with E-state index in [4.69, 9.17) is 4.74 Å². The van der Waals surface area contributed by atoms with Gasteiger partial charge in [-0.1, -0.05) is 30.3 Å². The highest BCUT2D eigenvalue weighted by molar-refractivity contribution is 6.05. The van der Waals surface area contributed by atoms with Gasteiger partial charge in [-0.25, -0.2) is 18.7 Å². The minimum absolute atomic E-state index is 0.0481. The fraction of sp³-hybridized carbons (Fsp3) is 0.231. The van der Waals surface area contributed by atoms with E-state index < -0.39 is 17.1 Å². The number of hydrogen-bond acceptors (Lipinski definition) is 5. The summed E-state index contributed by atoms with van der Waals surface area (Å²) in [5, 5.41) is 0.0481. The molecular weight excluding hydrogens is 451 g/mol. The summed E-state index contributed by atoms with van der Waals surface area (Å²) in [5.41, 5.74) is 0.463. The standard InChI is InChI=1S/C26H23FN4O4/c1-17-14-21(24(32)29-10-12-35-13-11-29)22-23(28-17)31(20-8-3-2-4-9-20)26(34)30(25(22)33)16-18-6-5-7-19(27)15-18/h2-9,14-15H,10-13,16H2,1H3. The number of carbonyl (C=O) groups is 1. The number of fused-ring (bicyclic) bond motifs is 1. The molecular formula is C26H23FN4O4. The molecule has 5 rings (SSSR count). The molecule has 178 valence electrons. The van der Waals surface area contributed by atoms with Crippen molar-refractivity contribution >= 4 is 16.9 Å². The molecule has 1 fully saturated rings. The molecule has 35 heavy (non-hydrogen) atoms. The van der Waals surface area contributed by atoms with Crippen molar-refractivity contribution in [2.75, 3.05) is 26.3 Å². The number of ether oxygens (including phenoxy) is 1. The lowest BCUT2D eigenvalue weighted by atomic mass is 10.1. The molecule has 0 atom stereocenters. The molecule has 0 spiro atoms. The first-order chi connectivity index (χ1) is 16.9. The number of carbonyl (C=O) groups excluding carboxylic acids is 1. The molecule has 0 aliphatic carbocycles. The van der Waals surface area contributed by atoms with Gasteiger partial charge in [0.15, 0.2) is 5.65 Å². The number of halogens is 1. The van der Waals surface area contributed by atoms with Crippen molar-refractivity contribution in [3.8, 4) is 5.69 Å². The van der Waals surface area contributed by atoms with Crippen molar-refractivity contribution in [1.29, 1.82) is 0 Å². The van der Waals surface area contributed by atoms with Crippen molar-refractivity contribution in [1.82, 2.24) is 19.0 Å². The number of benzene rings is 2. The Balaban J connectivity index is 1.82. The van der Waals surface area contributed by atoms with Gasteiger partial charge in [0.2, 0.25) is 0 Å². The largest absolute Gasteiger partial charge is 0.378 e. The summed E-state index contributed by atoms with van der Waals surface area (Å²) in [5.74, 6) is -0.795. The van der Waals surface area contributed by atoms with Gasteiger partial charge in [-0.05, 0) is 42.8 Å². The van der Waals surface area contributed by atoms with Crippen LogP contribution >= 0.6 is 0 Å². The summed E-state index contributed by atoms with van der Waals surface area (Å²) >= 11 is 0. The van der Waals surface area contributed by atoms with Crippen LogP contribution in [0.4, 0.5) is 4.39 Å². The molecule has 8 nitrogen and oxygen atoms in total. The number of aryl methyl sites for hydroxylation is 1. The Hall–Kier alpha value is -4.11. The number of amides is 1. The maximum Gasteiger partial charge on any atom is 0.337 e. The Kier molecular flexibility index (Phi) is 6.00. The molecule has 4 aromatic rings. The number of nitrogens with zero attached hydrogens (tertiary/aromatic N) is 4. The third-order valence-corrected chi connectivity index (χ3v) is 5.99. The van der Waals surface area contributed by atoms with Gasteiger partial charge in [0.05, 0.1) is 36.4 Å². The average molecular weight is 474 g/mol. The summed E-state index contributed by atoms with van der Waals surface area (Å²) < 4.78 is 21.6. The van der Waals surface area contributed by atoms with Gasteiger partial charge in [0, 0.05) is 18.8 Å². The molecule has 1 aliphatic heterocycles. The van der Waals surface area contributed by atoms with Crippen LogP contribution in [0.3, 0.4) is 0 Å². The Labute approximate surface area is 199 Å². The number of morpholine rings is 1. The van der Waals surface area contributed by atoms with Crippen molar-refractivity contribution < 1.29 is 13.9 Å². The second kappa shape index (κ2) is 9.27. The Morgan fingerprint density at radius 2 is 1.77 bits per heavy atom. The predicted octanol–water partition coefficient (Wildman–Crippen LogP) is 2.52. The average Bonchev–Trinajstić information content (AvgIpc) is 2.87. The van der Waals surface area contributed by atoms with Crippen LogP contribution in [0, 0.1) is 12.7 Å². The molecule has 3 heterocycles. The van der Waals surface area contributed by atoms with Crippen LogP contribution in [0.2, 0.25) is 0 Å². The van der Waals surface area contributed by atoms with E-state index >= 15 is 0 Å². The summed E-state index contributed by atoms with van der Waals surface area (Å²) in [4.78, 5) is 47.1. The van der Waals surface area contributed by atoms with Crippen LogP contribution in [0.15, 0.2) is 70.3 Å². The molecule has 1 aliphatic rings. The summed E-state index contributed by atoms with van der Waals surface area (Å²) in [7, 11) is 0. The Bertz CT molecular complexity index is 1540. The summed E-state index contributed by atoms with van der Waals surface area (Å²) in [6.45, 7) is 3.18. The van der Waals surface area contributed by atoms with Gasteiger partial charge in [-0.2, -0.15) is 0 Å². The van der Waals surface area contributed by atoms with Gasteiger partial charge in [0.25, 0.3) is 11.5 Å². The SMILES string of the molecule is Cc1cc(C(=O)N2CCOCC2)c2c(=O)n(Cc3cccc(F)c3)c(=O)n(-c3ccccc3)c2n1. The maximum atomic E-state index is 13.8. The van der Waals surface area contributed by atoms with Gasteiger partial charge < -0.3 is 9.64 Å². The van der Waals surface area contributed by atoms with Crippen LogP contribution in [0.1, 0.15) is 21.6 Å². The molecule has 0 bridgehead atoms. The van der Waals surface area contributed by atoms with Crippen molar-refractivity contribution in [2.45, 2.75) is 13.5 Å². The van der Waals surface area contributed by atoms with Crippen LogP contribution in [0.5, 0.6) is 0 Å². The van der Waals surface area contributed by atoms with E-state index in [1.807, 2.05) is 6.07 Å². The van der Waals surface area contributed by atoms with E-state index in [2.05, 4.69) is 4.98 Å². The van der Waals surface area contributed by atoms with Crippen LogP contribution in [-0.2, 0) is 11.3 Å². The minimum Gasteiger partial charge on any atom is -0.378 e. The maximum absolute atomic E-state index is 13.8. The van der Waals surface area contributed by atoms with Crippen molar-refractivity contribution in [3.63, 3.8) is 0 Å².